The van der Waals surface area contributed by atoms with Gasteiger partial charge in [0.25, 0.3) is 5.91 Å². The molecular weight excluding hydrogens is 635 g/mol. The molecule has 1 unspecified atom stereocenters. The zero-order valence-corrected chi connectivity index (χ0v) is 29.0. The van der Waals surface area contributed by atoms with Crippen molar-refractivity contribution in [1.82, 2.24) is 31.5 Å². The summed E-state index contributed by atoms with van der Waals surface area (Å²) in [6.07, 6.45) is 0.591. The minimum absolute atomic E-state index is 0.0781. The summed E-state index contributed by atoms with van der Waals surface area (Å²) in [5, 5.41) is 13.2. The van der Waals surface area contributed by atoms with Crippen LogP contribution in [0.15, 0.2) is 30.3 Å². The van der Waals surface area contributed by atoms with E-state index in [0.29, 0.717) is 6.42 Å². The standard InChI is InChI=1S/C32H46Cl2N6O6/c1-8-12-20(24(42)27(44)36-16-21(41)35-15-18-13-10-9-11-14-18)37-26(43)23-22-19(32(22,33)34)17-40(23)28(45)25(30(2,3)4)38-29(46)39-31(5,6)7/h9-11,13-14,19-20,22-23,25H,8,12,15-17H2,1-7H3,(H,35,41)(H,36,44)(H,37,43)(H2,38,39,46)/t19-,20?,22-,23-,25+/m0/s1. The molecule has 1 saturated carbocycles. The zero-order valence-electron chi connectivity index (χ0n) is 27.5. The van der Waals surface area contributed by atoms with Gasteiger partial charge in [0.1, 0.15) is 16.4 Å². The molecule has 46 heavy (non-hydrogen) atoms. The predicted octanol–water partition coefficient (Wildman–Crippen LogP) is 2.42. The Kier molecular flexibility index (Phi) is 11.8. The molecule has 12 nitrogen and oxygen atoms in total. The van der Waals surface area contributed by atoms with Crippen LogP contribution in [-0.4, -0.2) is 81.4 Å². The summed E-state index contributed by atoms with van der Waals surface area (Å²) in [6.45, 7) is 12.5. The van der Waals surface area contributed by atoms with Gasteiger partial charge in [-0.15, -0.1) is 23.2 Å². The second-order valence-electron chi connectivity index (χ2n) is 14.0. The van der Waals surface area contributed by atoms with Crippen molar-refractivity contribution >= 4 is 58.6 Å². The van der Waals surface area contributed by atoms with Crippen molar-refractivity contribution in [3.63, 3.8) is 0 Å². The van der Waals surface area contributed by atoms with Gasteiger partial charge in [0.05, 0.1) is 12.6 Å². The number of carbonyl (C=O) groups is 6. The second kappa shape index (κ2) is 14.6. The third kappa shape index (κ3) is 9.34. The first kappa shape index (κ1) is 37.1. The summed E-state index contributed by atoms with van der Waals surface area (Å²) >= 11 is 13.0. The number of hydrogen-bond donors (Lipinski definition) is 5. The van der Waals surface area contributed by atoms with Crippen LogP contribution in [0, 0.1) is 17.3 Å². The smallest absolute Gasteiger partial charge is 0.315 e. The predicted molar refractivity (Wildman–Crippen MR) is 175 cm³/mol. The Morgan fingerprint density at radius 3 is 2.15 bits per heavy atom. The Bertz CT molecular complexity index is 1330. The molecule has 2 fully saturated rings. The highest BCUT2D eigenvalue weighted by Gasteiger charge is 2.74. The molecule has 1 aromatic carbocycles. The lowest BCUT2D eigenvalue weighted by atomic mass is 9.85. The molecule has 5 N–H and O–H groups in total. The normalized spacial score (nSPS) is 21.2. The highest BCUT2D eigenvalue weighted by molar-refractivity contribution is 6.51. The highest BCUT2D eigenvalue weighted by atomic mass is 35.5. The van der Waals surface area contributed by atoms with Gasteiger partial charge in [-0.1, -0.05) is 64.4 Å². The molecule has 1 heterocycles. The fourth-order valence-electron chi connectivity index (χ4n) is 5.54. The topological polar surface area (TPSA) is 166 Å². The maximum absolute atomic E-state index is 14.0. The first-order valence-electron chi connectivity index (χ1n) is 15.5. The quantitative estimate of drug-likeness (QED) is 0.168. The Morgan fingerprint density at radius 1 is 0.957 bits per heavy atom. The first-order chi connectivity index (χ1) is 21.3. The molecule has 0 bridgehead atoms. The largest absolute Gasteiger partial charge is 0.350 e. The number of piperidine rings is 1. The zero-order chi connectivity index (χ0) is 34.6. The van der Waals surface area contributed by atoms with E-state index < -0.39 is 87.2 Å². The maximum Gasteiger partial charge on any atom is 0.315 e. The van der Waals surface area contributed by atoms with E-state index in [9.17, 15) is 28.8 Å². The molecule has 1 aromatic rings. The lowest BCUT2D eigenvalue weighted by molar-refractivity contribution is -0.144. The summed E-state index contributed by atoms with van der Waals surface area (Å²) in [6, 6.07) is 5.30. The van der Waals surface area contributed by atoms with Gasteiger partial charge in [0.15, 0.2) is 0 Å². The molecule has 1 aliphatic carbocycles. The Balaban J connectivity index is 1.70. The number of halogens is 2. The van der Waals surface area contributed by atoms with Crippen LogP contribution >= 0.6 is 23.2 Å². The Morgan fingerprint density at radius 2 is 1.59 bits per heavy atom. The van der Waals surface area contributed by atoms with E-state index in [1.807, 2.05) is 51.1 Å². The van der Waals surface area contributed by atoms with Crippen molar-refractivity contribution in [1.29, 1.82) is 0 Å². The number of fused-ring (bicyclic) bond motifs is 1. The molecule has 6 amide bonds. The van der Waals surface area contributed by atoms with Crippen molar-refractivity contribution in [3.8, 4) is 0 Å². The van der Waals surface area contributed by atoms with E-state index in [-0.39, 0.29) is 19.5 Å². The molecule has 0 spiro atoms. The van der Waals surface area contributed by atoms with Crippen molar-refractivity contribution < 1.29 is 28.8 Å². The van der Waals surface area contributed by atoms with E-state index in [1.54, 1.807) is 27.7 Å². The number of hydrogen-bond acceptors (Lipinski definition) is 6. The molecule has 14 heteroatoms. The number of urea groups is 1. The summed E-state index contributed by atoms with van der Waals surface area (Å²) in [4.78, 5) is 80.0. The van der Waals surface area contributed by atoms with Gasteiger partial charge in [0, 0.05) is 30.5 Å². The summed E-state index contributed by atoms with van der Waals surface area (Å²) in [5.41, 5.74) is -0.411. The first-order valence-corrected chi connectivity index (χ1v) is 16.2. The lowest BCUT2D eigenvalue weighted by Crippen LogP contribution is -2.62. The van der Waals surface area contributed by atoms with Crippen molar-refractivity contribution in [2.24, 2.45) is 17.3 Å². The SMILES string of the molecule is CCCC(NC(=O)[C@@H]1[C@@H]2[C@H](CN1C(=O)[C@@H](NC(=O)NC(C)(C)C)C(C)(C)C)C2(Cl)Cl)C(=O)C(=O)NCC(=O)NCc1ccccc1. The molecule has 1 aliphatic heterocycles. The molecule has 3 rings (SSSR count). The fraction of sp³-hybridized carbons (Fsp3) is 0.625. The molecule has 0 radical (unpaired) electrons. The molecule has 0 aromatic heterocycles. The van der Waals surface area contributed by atoms with Gasteiger partial charge < -0.3 is 31.5 Å². The number of Topliss-reactive ketones (excluding diaryl/α,β-unsaturated/α-hetero) is 1. The third-order valence-corrected chi connectivity index (χ3v) is 9.00. The van der Waals surface area contributed by atoms with Crippen LogP contribution in [-0.2, 0) is 30.5 Å². The average Bonchev–Trinajstić information content (AvgIpc) is 3.27. The minimum atomic E-state index is -1.25. The monoisotopic (exact) mass is 680 g/mol. The second-order valence-corrected chi connectivity index (χ2v) is 15.5. The number of amides is 6. The Labute approximate surface area is 280 Å². The number of ketones is 1. The van der Waals surface area contributed by atoms with Gasteiger partial charge in [-0.2, -0.15) is 0 Å². The number of benzene rings is 1. The van der Waals surface area contributed by atoms with E-state index in [4.69, 9.17) is 23.2 Å². The van der Waals surface area contributed by atoms with Crippen LogP contribution in [0.25, 0.3) is 0 Å². The van der Waals surface area contributed by atoms with Crippen molar-refractivity contribution in [3.05, 3.63) is 35.9 Å². The lowest BCUT2D eigenvalue weighted by Gasteiger charge is -2.38. The van der Waals surface area contributed by atoms with Gasteiger partial charge >= 0.3 is 6.03 Å². The molecule has 2 aliphatic rings. The Hall–Kier alpha value is -3.38. The van der Waals surface area contributed by atoms with E-state index >= 15 is 0 Å². The van der Waals surface area contributed by atoms with Crippen LogP contribution in [0.3, 0.4) is 0 Å². The minimum Gasteiger partial charge on any atom is -0.350 e. The number of alkyl halides is 2. The number of nitrogens with zero attached hydrogens (tertiary/aromatic N) is 1. The summed E-state index contributed by atoms with van der Waals surface area (Å²) in [5.74, 6) is -4.61. The highest BCUT2D eigenvalue weighted by Crippen LogP contribution is 2.65. The van der Waals surface area contributed by atoms with Gasteiger partial charge in [-0.05, 0) is 38.2 Å². The number of carbonyl (C=O) groups excluding carboxylic acids is 6. The number of rotatable bonds is 12. The van der Waals surface area contributed by atoms with Crippen LogP contribution < -0.4 is 26.6 Å². The maximum atomic E-state index is 14.0. The molecular formula is C32H46Cl2N6O6. The van der Waals surface area contributed by atoms with Crippen LogP contribution in [0.1, 0.15) is 66.9 Å². The van der Waals surface area contributed by atoms with Crippen LogP contribution in [0.5, 0.6) is 0 Å². The van der Waals surface area contributed by atoms with Gasteiger partial charge in [-0.3, -0.25) is 24.0 Å². The van der Waals surface area contributed by atoms with Crippen molar-refractivity contribution in [2.75, 3.05) is 13.1 Å². The van der Waals surface area contributed by atoms with E-state index in [0.717, 1.165) is 5.56 Å². The van der Waals surface area contributed by atoms with Crippen LogP contribution in [0.4, 0.5) is 4.79 Å². The summed E-state index contributed by atoms with van der Waals surface area (Å²) in [7, 11) is 0. The molecule has 1 saturated heterocycles. The molecule has 5 atom stereocenters. The molecule has 254 valence electrons. The average molecular weight is 682 g/mol. The van der Waals surface area contributed by atoms with E-state index in [1.165, 1.54) is 4.90 Å². The fourth-order valence-corrected chi connectivity index (χ4v) is 6.36. The van der Waals surface area contributed by atoms with Crippen LogP contribution in [0.2, 0.25) is 0 Å². The van der Waals surface area contributed by atoms with Crippen molar-refractivity contribution in [2.45, 2.75) is 95.9 Å². The third-order valence-electron chi connectivity index (χ3n) is 7.94. The van der Waals surface area contributed by atoms with E-state index in [2.05, 4.69) is 26.6 Å². The van der Waals surface area contributed by atoms with Gasteiger partial charge in [0.2, 0.25) is 23.5 Å². The summed E-state index contributed by atoms with van der Waals surface area (Å²) < 4.78 is -1.25. The number of nitrogens with one attached hydrogen (secondary N) is 5. The number of likely N-dealkylation sites (tertiary alicyclic amines) is 1. The van der Waals surface area contributed by atoms with Gasteiger partial charge in [-0.25, -0.2) is 4.79 Å².